The molecule has 2 atom stereocenters. The molecule has 0 saturated carbocycles. The van der Waals surface area contributed by atoms with Gasteiger partial charge in [-0.2, -0.15) is 5.10 Å². The maximum atomic E-state index is 13.2. The third-order valence-corrected chi connectivity index (χ3v) is 6.60. The highest BCUT2D eigenvalue weighted by molar-refractivity contribution is 6.30. The van der Waals surface area contributed by atoms with Crippen molar-refractivity contribution in [3.63, 3.8) is 0 Å². The van der Waals surface area contributed by atoms with Crippen LogP contribution >= 0.6 is 11.6 Å². The third-order valence-electron chi connectivity index (χ3n) is 6.36. The molecule has 10 nitrogen and oxygen atoms in total. The SMILES string of the molecule is COc1ccc(Cl)cc1C1NN(CC(=O)N2CCCC2C)C=C1NC(=O)c1cnn2cccnc12. The maximum absolute atomic E-state index is 13.2. The molecule has 11 heteroatoms. The Labute approximate surface area is 207 Å². The van der Waals surface area contributed by atoms with Gasteiger partial charge in [-0.25, -0.2) is 14.9 Å². The summed E-state index contributed by atoms with van der Waals surface area (Å²) in [5.74, 6) is 0.264. The second-order valence-electron chi connectivity index (χ2n) is 8.64. The minimum absolute atomic E-state index is 0.0231. The Morgan fingerprint density at radius 2 is 2.20 bits per heavy atom. The Balaban J connectivity index is 1.44. The van der Waals surface area contributed by atoms with E-state index in [4.69, 9.17) is 16.3 Å². The van der Waals surface area contributed by atoms with Gasteiger partial charge in [0.2, 0.25) is 5.91 Å². The molecule has 2 unspecified atom stereocenters. The molecule has 2 aliphatic rings. The number of hydrazine groups is 1. The van der Waals surface area contributed by atoms with Gasteiger partial charge < -0.3 is 20.0 Å². The van der Waals surface area contributed by atoms with Gasteiger partial charge in [0.25, 0.3) is 5.91 Å². The molecule has 3 aromatic rings. The van der Waals surface area contributed by atoms with Gasteiger partial charge in [0.1, 0.15) is 17.9 Å². The molecular weight excluding hydrogens is 470 g/mol. The molecule has 1 saturated heterocycles. The number of fused-ring (bicyclic) bond motifs is 1. The largest absolute Gasteiger partial charge is 0.496 e. The molecule has 1 aromatic carbocycles. The van der Waals surface area contributed by atoms with E-state index < -0.39 is 6.04 Å². The molecule has 2 N–H and O–H groups in total. The number of likely N-dealkylation sites (tertiary alicyclic amines) is 1. The lowest BCUT2D eigenvalue weighted by Gasteiger charge is -2.26. The Bertz CT molecular complexity index is 1310. The predicted molar refractivity (Wildman–Crippen MR) is 130 cm³/mol. The van der Waals surface area contributed by atoms with E-state index in [9.17, 15) is 9.59 Å². The van der Waals surface area contributed by atoms with Crippen LogP contribution in [0.1, 0.15) is 41.7 Å². The number of nitrogens with zero attached hydrogens (tertiary/aromatic N) is 5. The molecule has 5 rings (SSSR count). The summed E-state index contributed by atoms with van der Waals surface area (Å²) in [4.78, 5) is 32.3. The monoisotopic (exact) mass is 495 g/mol. The standard InChI is InChI=1S/C24H26ClN7O3/c1-15-5-3-9-31(15)21(33)14-30-13-19(22(29-30)17-11-16(25)6-7-20(17)35-2)28-24(34)18-12-27-32-10-4-8-26-23(18)32/h4,6-8,10-13,15,22,29H,3,5,9,14H2,1-2H3,(H,28,34). The summed E-state index contributed by atoms with van der Waals surface area (Å²) in [5.41, 5.74) is 5.38. The summed E-state index contributed by atoms with van der Waals surface area (Å²) in [6.45, 7) is 2.95. The molecule has 1 fully saturated rings. The predicted octanol–water partition coefficient (Wildman–Crippen LogP) is 2.53. The van der Waals surface area contributed by atoms with Crippen molar-refractivity contribution in [2.45, 2.75) is 31.8 Å². The van der Waals surface area contributed by atoms with Crippen molar-refractivity contribution in [2.24, 2.45) is 0 Å². The van der Waals surface area contributed by atoms with E-state index in [0.29, 0.717) is 27.7 Å². The van der Waals surface area contributed by atoms with Crippen LogP contribution in [0.5, 0.6) is 5.75 Å². The number of aromatic nitrogens is 3. The number of nitrogens with one attached hydrogen (secondary N) is 2. The molecule has 2 aliphatic heterocycles. The molecular formula is C24H26ClN7O3. The lowest BCUT2D eigenvalue weighted by atomic mass is 10.0. The summed E-state index contributed by atoms with van der Waals surface area (Å²) in [6.07, 6.45) is 8.56. The Morgan fingerprint density at radius 1 is 1.34 bits per heavy atom. The van der Waals surface area contributed by atoms with Crippen LogP contribution in [0.15, 0.2) is 54.8 Å². The molecule has 35 heavy (non-hydrogen) atoms. The van der Waals surface area contributed by atoms with Crippen LogP contribution in [0.4, 0.5) is 0 Å². The Hall–Kier alpha value is -3.63. The van der Waals surface area contributed by atoms with E-state index in [2.05, 4.69) is 27.7 Å². The minimum atomic E-state index is -0.494. The van der Waals surface area contributed by atoms with E-state index >= 15 is 0 Å². The van der Waals surface area contributed by atoms with Gasteiger partial charge in [-0.3, -0.25) is 9.59 Å². The van der Waals surface area contributed by atoms with Crippen molar-refractivity contribution in [2.75, 3.05) is 20.2 Å². The number of halogens is 1. The first-order valence-corrected chi connectivity index (χ1v) is 11.8. The third kappa shape index (κ3) is 4.54. The summed E-state index contributed by atoms with van der Waals surface area (Å²) in [6, 6.07) is 6.76. The number of ether oxygens (including phenoxy) is 1. The molecule has 0 radical (unpaired) electrons. The van der Waals surface area contributed by atoms with E-state index in [1.165, 1.54) is 10.7 Å². The molecule has 0 spiro atoms. The van der Waals surface area contributed by atoms with Gasteiger partial charge in [-0.15, -0.1) is 0 Å². The molecule has 2 amide bonds. The highest BCUT2D eigenvalue weighted by Crippen LogP contribution is 2.34. The highest BCUT2D eigenvalue weighted by Gasteiger charge is 2.33. The maximum Gasteiger partial charge on any atom is 0.261 e. The van der Waals surface area contributed by atoms with Gasteiger partial charge in [0, 0.05) is 41.8 Å². The highest BCUT2D eigenvalue weighted by atomic mass is 35.5. The summed E-state index contributed by atoms with van der Waals surface area (Å²) >= 11 is 6.29. The van der Waals surface area contributed by atoms with Crippen LogP contribution < -0.4 is 15.5 Å². The second kappa shape index (κ2) is 9.55. The normalized spacial score (nSPS) is 19.8. The summed E-state index contributed by atoms with van der Waals surface area (Å²) in [5, 5.41) is 9.40. The fourth-order valence-electron chi connectivity index (χ4n) is 4.60. The van der Waals surface area contributed by atoms with Gasteiger partial charge >= 0.3 is 0 Å². The number of amides is 2. The average Bonchev–Trinajstić information content (AvgIpc) is 3.57. The van der Waals surface area contributed by atoms with Crippen LogP contribution in [0.3, 0.4) is 0 Å². The fraction of sp³-hybridized carbons (Fsp3) is 0.333. The molecule has 4 heterocycles. The zero-order chi connectivity index (χ0) is 24.5. The molecule has 0 aliphatic carbocycles. The lowest BCUT2D eigenvalue weighted by molar-refractivity contribution is -0.132. The number of rotatable bonds is 6. The van der Waals surface area contributed by atoms with Crippen LogP contribution in [0.25, 0.3) is 5.65 Å². The van der Waals surface area contributed by atoms with E-state index in [1.54, 1.807) is 55.0 Å². The van der Waals surface area contributed by atoms with Crippen LogP contribution in [-0.2, 0) is 4.79 Å². The Morgan fingerprint density at radius 3 is 2.97 bits per heavy atom. The van der Waals surface area contributed by atoms with Gasteiger partial charge in [-0.1, -0.05) is 11.6 Å². The number of hydrogen-bond donors (Lipinski definition) is 2. The lowest BCUT2D eigenvalue weighted by Crippen LogP contribution is -2.43. The van der Waals surface area contributed by atoms with Crippen molar-refractivity contribution >= 4 is 29.1 Å². The van der Waals surface area contributed by atoms with Gasteiger partial charge in [-0.05, 0) is 44.0 Å². The number of hydrogen-bond acceptors (Lipinski definition) is 7. The zero-order valence-electron chi connectivity index (χ0n) is 19.4. The van der Waals surface area contributed by atoms with E-state index in [0.717, 1.165) is 24.9 Å². The molecule has 0 bridgehead atoms. The first kappa shape index (κ1) is 23.1. The van der Waals surface area contributed by atoms with Crippen LogP contribution in [0, 0.1) is 0 Å². The zero-order valence-corrected chi connectivity index (χ0v) is 20.2. The minimum Gasteiger partial charge on any atom is -0.496 e. The van der Waals surface area contributed by atoms with Crippen molar-refractivity contribution in [1.29, 1.82) is 0 Å². The average molecular weight is 496 g/mol. The van der Waals surface area contributed by atoms with Crippen molar-refractivity contribution in [3.8, 4) is 5.75 Å². The number of benzene rings is 1. The van der Waals surface area contributed by atoms with Crippen molar-refractivity contribution in [3.05, 3.63) is 70.9 Å². The van der Waals surface area contributed by atoms with E-state index in [-0.39, 0.29) is 24.4 Å². The van der Waals surface area contributed by atoms with Gasteiger partial charge in [0.05, 0.1) is 25.0 Å². The van der Waals surface area contributed by atoms with Crippen molar-refractivity contribution in [1.82, 2.24) is 35.2 Å². The first-order chi connectivity index (χ1) is 16.9. The Kier molecular flexibility index (Phi) is 6.31. The first-order valence-electron chi connectivity index (χ1n) is 11.4. The van der Waals surface area contributed by atoms with Gasteiger partial charge in [0.15, 0.2) is 5.65 Å². The second-order valence-corrected chi connectivity index (χ2v) is 9.08. The summed E-state index contributed by atoms with van der Waals surface area (Å²) in [7, 11) is 1.57. The van der Waals surface area contributed by atoms with E-state index in [1.807, 2.05) is 4.90 Å². The number of carbonyl (C=O) groups is 2. The molecule has 2 aromatic heterocycles. The fourth-order valence-corrected chi connectivity index (χ4v) is 4.79. The quantitative estimate of drug-likeness (QED) is 0.541. The van der Waals surface area contributed by atoms with Crippen LogP contribution in [0.2, 0.25) is 5.02 Å². The summed E-state index contributed by atoms with van der Waals surface area (Å²) < 4.78 is 7.09. The van der Waals surface area contributed by atoms with Crippen molar-refractivity contribution < 1.29 is 14.3 Å². The van der Waals surface area contributed by atoms with Crippen LogP contribution in [-0.4, -0.2) is 62.6 Å². The smallest absolute Gasteiger partial charge is 0.261 e. The topological polar surface area (TPSA) is 104 Å². The number of carbonyl (C=O) groups excluding carboxylic acids is 2. The molecule has 182 valence electrons. The number of methoxy groups -OCH3 is 1.